The van der Waals surface area contributed by atoms with Gasteiger partial charge in [0.15, 0.2) is 0 Å². The zero-order chi connectivity index (χ0) is 24.7. The highest BCUT2D eigenvalue weighted by molar-refractivity contribution is 7.93. The summed E-state index contributed by atoms with van der Waals surface area (Å²) in [5.74, 6) is -0.284. The molecule has 1 aliphatic rings. The molecule has 10 nitrogen and oxygen atoms in total. The lowest BCUT2D eigenvalue weighted by Crippen LogP contribution is -2.35. The van der Waals surface area contributed by atoms with E-state index in [4.69, 9.17) is 0 Å². The normalized spacial score (nSPS) is 14.2. The third kappa shape index (κ3) is 4.69. The highest BCUT2D eigenvalue weighted by atomic mass is 32.2. The van der Waals surface area contributed by atoms with Crippen molar-refractivity contribution in [2.75, 3.05) is 30.3 Å². The maximum absolute atomic E-state index is 13.2. The van der Waals surface area contributed by atoms with Crippen molar-refractivity contribution in [2.45, 2.75) is 29.6 Å². The molecule has 34 heavy (non-hydrogen) atoms. The van der Waals surface area contributed by atoms with Crippen molar-refractivity contribution < 1.29 is 21.6 Å². The van der Waals surface area contributed by atoms with Gasteiger partial charge in [0, 0.05) is 31.9 Å². The van der Waals surface area contributed by atoms with Gasteiger partial charge in [0.1, 0.15) is 5.01 Å². The second-order valence-electron chi connectivity index (χ2n) is 7.89. The van der Waals surface area contributed by atoms with Crippen LogP contribution in [0.1, 0.15) is 27.3 Å². The molecule has 1 aliphatic heterocycles. The minimum atomic E-state index is -3.86. The van der Waals surface area contributed by atoms with Crippen LogP contribution in [-0.4, -0.2) is 57.9 Å². The van der Waals surface area contributed by atoms with Gasteiger partial charge in [-0.15, -0.1) is 10.2 Å². The lowest BCUT2D eigenvalue weighted by molar-refractivity contribution is 0.0985. The van der Waals surface area contributed by atoms with Crippen molar-refractivity contribution in [1.82, 2.24) is 14.5 Å². The van der Waals surface area contributed by atoms with E-state index in [2.05, 4.69) is 14.9 Å². The van der Waals surface area contributed by atoms with Gasteiger partial charge in [-0.2, -0.15) is 0 Å². The number of hydrogen-bond acceptors (Lipinski definition) is 8. The average molecular weight is 522 g/mol. The molecular weight excluding hydrogens is 498 g/mol. The number of carbonyl (C=O) groups excluding carboxylic acids is 1. The van der Waals surface area contributed by atoms with E-state index < -0.39 is 20.0 Å². The van der Waals surface area contributed by atoms with Gasteiger partial charge < -0.3 is 4.90 Å². The Labute approximate surface area is 202 Å². The average Bonchev–Trinajstić information content (AvgIpc) is 3.21. The molecule has 2 aromatic carbocycles. The molecule has 1 N–H and O–H groups in total. The molecular formula is C21H23N5O5S3. The Morgan fingerprint density at radius 2 is 1.71 bits per heavy atom. The monoisotopic (exact) mass is 521 g/mol. The number of carbonyl (C=O) groups is 1. The molecule has 13 heteroatoms. The van der Waals surface area contributed by atoms with Crippen LogP contribution < -0.4 is 9.62 Å². The van der Waals surface area contributed by atoms with Crippen molar-refractivity contribution in [3.05, 3.63) is 58.6 Å². The first-order valence-electron chi connectivity index (χ1n) is 10.3. The molecule has 0 spiro atoms. The summed E-state index contributed by atoms with van der Waals surface area (Å²) in [6, 6.07) is 10.4. The number of fused-ring (bicyclic) bond motifs is 1. The number of sulfonamides is 2. The summed E-state index contributed by atoms with van der Waals surface area (Å²) in [4.78, 5) is 15.0. The summed E-state index contributed by atoms with van der Waals surface area (Å²) in [7, 11) is -4.57. The molecule has 1 amide bonds. The van der Waals surface area contributed by atoms with E-state index in [1.807, 2.05) is 0 Å². The molecule has 0 saturated carbocycles. The molecule has 0 atom stereocenters. The van der Waals surface area contributed by atoms with Gasteiger partial charge in [-0.05, 0) is 67.8 Å². The van der Waals surface area contributed by atoms with Gasteiger partial charge in [-0.1, -0.05) is 11.3 Å². The molecule has 2 heterocycles. The van der Waals surface area contributed by atoms with Gasteiger partial charge in [0.2, 0.25) is 15.2 Å². The van der Waals surface area contributed by atoms with Crippen molar-refractivity contribution >= 4 is 48.1 Å². The Morgan fingerprint density at radius 3 is 2.32 bits per heavy atom. The molecule has 4 rings (SSSR count). The van der Waals surface area contributed by atoms with Gasteiger partial charge >= 0.3 is 0 Å². The first-order valence-corrected chi connectivity index (χ1v) is 14.0. The number of anilines is 2. The molecule has 0 unspecified atom stereocenters. The largest absolute Gasteiger partial charge is 0.308 e. The van der Waals surface area contributed by atoms with Gasteiger partial charge in [0.05, 0.1) is 9.79 Å². The van der Waals surface area contributed by atoms with E-state index in [-0.39, 0.29) is 20.8 Å². The zero-order valence-electron chi connectivity index (χ0n) is 18.7. The van der Waals surface area contributed by atoms with Crippen molar-refractivity contribution in [2.24, 2.45) is 0 Å². The van der Waals surface area contributed by atoms with E-state index >= 15 is 0 Å². The Kier molecular flexibility index (Phi) is 6.46. The maximum Gasteiger partial charge on any atom is 0.263 e. The van der Waals surface area contributed by atoms with E-state index in [1.165, 1.54) is 44.4 Å². The number of amides is 1. The second-order valence-corrected chi connectivity index (χ2v) is 12.9. The number of hydrogen-bond donors (Lipinski definition) is 1. The first-order chi connectivity index (χ1) is 16.0. The lowest BCUT2D eigenvalue weighted by atomic mass is 10.0. The second kappa shape index (κ2) is 9.06. The number of benzene rings is 2. The highest BCUT2D eigenvalue weighted by Crippen LogP contribution is 2.31. The Morgan fingerprint density at radius 1 is 1.03 bits per heavy atom. The SMILES string of the molecule is Cc1nnc(NS(=O)(=O)c2ccc3c(c2)CCCN3C(=O)c2ccc(S(=O)(=O)N(C)C)cc2)s1. The molecule has 180 valence electrons. The summed E-state index contributed by atoms with van der Waals surface area (Å²) in [6.07, 6.45) is 1.29. The van der Waals surface area contributed by atoms with Gasteiger partial charge in [0.25, 0.3) is 15.9 Å². The molecule has 1 aromatic heterocycles. The summed E-state index contributed by atoms with van der Waals surface area (Å²) >= 11 is 1.14. The van der Waals surface area contributed by atoms with E-state index in [0.29, 0.717) is 35.6 Å². The van der Waals surface area contributed by atoms with Crippen molar-refractivity contribution in [3.8, 4) is 0 Å². The molecule has 0 fully saturated rings. The van der Waals surface area contributed by atoms with Crippen molar-refractivity contribution in [3.63, 3.8) is 0 Å². The van der Waals surface area contributed by atoms with E-state index in [9.17, 15) is 21.6 Å². The van der Waals surface area contributed by atoms with E-state index in [1.54, 1.807) is 24.0 Å². The quantitative estimate of drug-likeness (QED) is 0.527. The summed E-state index contributed by atoms with van der Waals surface area (Å²) < 4.78 is 53.7. The summed E-state index contributed by atoms with van der Waals surface area (Å²) in [5.41, 5.74) is 1.71. The number of nitrogens with zero attached hydrogens (tertiary/aromatic N) is 4. The van der Waals surface area contributed by atoms with E-state index in [0.717, 1.165) is 21.2 Å². The smallest absolute Gasteiger partial charge is 0.263 e. The molecule has 0 aliphatic carbocycles. The fourth-order valence-corrected chi connectivity index (χ4v) is 6.37. The third-order valence-corrected chi connectivity index (χ3v) is 9.40. The van der Waals surface area contributed by atoms with Crippen LogP contribution in [0.2, 0.25) is 0 Å². The summed E-state index contributed by atoms with van der Waals surface area (Å²) in [6.45, 7) is 2.20. The maximum atomic E-state index is 13.2. The Hall–Kier alpha value is -2.87. The minimum absolute atomic E-state index is 0.0756. The number of nitrogens with one attached hydrogen (secondary N) is 1. The molecule has 3 aromatic rings. The van der Waals surface area contributed by atoms with Crippen LogP contribution in [-0.2, 0) is 26.5 Å². The minimum Gasteiger partial charge on any atom is -0.308 e. The topological polar surface area (TPSA) is 130 Å². The molecule has 0 radical (unpaired) electrons. The fraction of sp³-hybridized carbons (Fsp3) is 0.286. The fourth-order valence-electron chi connectivity index (χ4n) is 3.60. The zero-order valence-corrected chi connectivity index (χ0v) is 21.2. The molecule has 0 saturated heterocycles. The predicted molar refractivity (Wildman–Crippen MR) is 129 cm³/mol. The number of rotatable bonds is 6. The Bertz CT molecular complexity index is 1450. The van der Waals surface area contributed by atoms with Gasteiger partial charge in [-0.25, -0.2) is 21.1 Å². The molecule has 0 bridgehead atoms. The van der Waals surface area contributed by atoms with Crippen LogP contribution >= 0.6 is 11.3 Å². The summed E-state index contributed by atoms with van der Waals surface area (Å²) in [5, 5.41) is 8.44. The van der Waals surface area contributed by atoms with Gasteiger partial charge in [-0.3, -0.25) is 9.52 Å². The van der Waals surface area contributed by atoms with Crippen LogP contribution in [0.5, 0.6) is 0 Å². The van der Waals surface area contributed by atoms with Crippen LogP contribution in [0.3, 0.4) is 0 Å². The van der Waals surface area contributed by atoms with Crippen LogP contribution in [0.15, 0.2) is 52.3 Å². The number of aryl methyl sites for hydroxylation is 2. The standard InChI is InChI=1S/C21H23N5O5S3/c1-14-22-23-21(32-14)24-33(28,29)18-10-11-19-16(13-18)5-4-12-26(19)20(27)15-6-8-17(9-7-15)34(30,31)25(2)3/h6-11,13H,4-5,12H2,1-3H3,(H,23,24). The Balaban J connectivity index is 1.59. The van der Waals surface area contributed by atoms with Crippen LogP contribution in [0, 0.1) is 6.92 Å². The van der Waals surface area contributed by atoms with Crippen LogP contribution in [0.25, 0.3) is 0 Å². The first kappa shape index (κ1) is 24.3. The highest BCUT2D eigenvalue weighted by Gasteiger charge is 2.27. The lowest BCUT2D eigenvalue weighted by Gasteiger charge is -2.30. The number of aromatic nitrogens is 2. The predicted octanol–water partition coefficient (Wildman–Crippen LogP) is 2.49. The third-order valence-electron chi connectivity index (χ3n) is 5.35. The van der Waals surface area contributed by atoms with Crippen LogP contribution in [0.4, 0.5) is 10.8 Å². The van der Waals surface area contributed by atoms with Crippen molar-refractivity contribution in [1.29, 1.82) is 0 Å².